The molecule has 2 amide bonds. The smallest absolute Gasteiger partial charge is 0.258 e. The van der Waals surface area contributed by atoms with E-state index < -0.39 is 18.0 Å². The van der Waals surface area contributed by atoms with Crippen molar-refractivity contribution in [3.8, 4) is 0 Å². The second-order valence-electron chi connectivity index (χ2n) is 8.71. The molecule has 4 atom stereocenters. The molecule has 0 saturated carbocycles. The predicted octanol–water partition coefficient (Wildman–Crippen LogP) is 2.14. The predicted molar refractivity (Wildman–Crippen MR) is 126 cm³/mol. The monoisotopic (exact) mass is 449 g/mol. The maximum absolute atomic E-state index is 13.3. The van der Waals surface area contributed by atoms with Crippen LogP contribution in [0.4, 0.5) is 0 Å². The second-order valence-corrected chi connectivity index (χ2v) is 8.71. The van der Waals surface area contributed by atoms with Gasteiger partial charge in [0.05, 0.1) is 6.04 Å². The number of hydrogen-bond acceptors (Lipinski definition) is 4. The molecule has 0 bridgehead atoms. The van der Waals surface area contributed by atoms with E-state index in [1.165, 1.54) is 0 Å². The van der Waals surface area contributed by atoms with Gasteiger partial charge < -0.3 is 19.9 Å². The number of likely N-dealkylation sites (tertiary alicyclic amines) is 1. The van der Waals surface area contributed by atoms with Crippen LogP contribution >= 0.6 is 0 Å². The molecule has 0 radical (unpaired) electrons. The summed E-state index contributed by atoms with van der Waals surface area (Å²) >= 11 is 0. The summed E-state index contributed by atoms with van der Waals surface area (Å²) in [5, 5.41) is 13.3. The van der Waals surface area contributed by atoms with Gasteiger partial charge in [-0.1, -0.05) is 49.4 Å². The van der Waals surface area contributed by atoms with E-state index in [0.29, 0.717) is 25.1 Å². The van der Waals surface area contributed by atoms with Crippen LogP contribution in [0.1, 0.15) is 43.1 Å². The molecule has 2 aliphatic rings. The van der Waals surface area contributed by atoms with Gasteiger partial charge in [0.2, 0.25) is 11.8 Å². The number of aromatic nitrogens is 1. The van der Waals surface area contributed by atoms with Gasteiger partial charge in [0.25, 0.3) is 5.56 Å². The number of nitrogens with one attached hydrogen (secondary N) is 1. The number of fused-ring (bicyclic) bond motifs is 3. The average Bonchev–Trinajstić information content (AvgIpc) is 3.36. The van der Waals surface area contributed by atoms with Gasteiger partial charge >= 0.3 is 0 Å². The first-order chi connectivity index (χ1) is 16.0. The van der Waals surface area contributed by atoms with Crippen LogP contribution in [-0.2, 0) is 22.6 Å². The third-order valence-corrected chi connectivity index (χ3v) is 6.87. The SMILES string of the molecule is C/C=C/c1ccc2n(c1=O)C[C@@H]1[C@@H](CO)[C@H](C(=O)NCCc3ccccc3)N(C(=O)CC)[C@H]21. The Morgan fingerprint density at radius 1 is 1.18 bits per heavy atom. The van der Waals surface area contributed by atoms with E-state index in [2.05, 4.69) is 5.32 Å². The highest BCUT2D eigenvalue weighted by atomic mass is 16.3. The fraction of sp³-hybridized carbons (Fsp3) is 0.423. The Bertz CT molecular complexity index is 1110. The van der Waals surface area contributed by atoms with E-state index in [4.69, 9.17) is 0 Å². The summed E-state index contributed by atoms with van der Waals surface area (Å²) in [6, 6.07) is 12.4. The number of carbonyl (C=O) groups excluding carboxylic acids is 2. The van der Waals surface area contributed by atoms with Gasteiger partial charge in [0.1, 0.15) is 6.04 Å². The number of rotatable bonds is 7. The Hall–Kier alpha value is -3.19. The van der Waals surface area contributed by atoms with Crippen molar-refractivity contribution >= 4 is 17.9 Å². The molecule has 2 aliphatic heterocycles. The zero-order chi connectivity index (χ0) is 23.5. The lowest BCUT2D eigenvalue weighted by atomic mass is 9.88. The quantitative estimate of drug-likeness (QED) is 0.678. The molecule has 7 nitrogen and oxygen atoms in total. The topological polar surface area (TPSA) is 91.6 Å². The first-order valence-electron chi connectivity index (χ1n) is 11.6. The number of hydrogen-bond donors (Lipinski definition) is 2. The zero-order valence-electron chi connectivity index (χ0n) is 19.1. The van der Waals surface area contributed by atoms with Crippen LogP contribution in [0.15, 0.2) is 53.3 Å². The minimum atomic E-state index is -0.757. The fourth-order valence-electron chi connectivity index (χ4n) is 5.35. The van der Waals surface area contributed by atoms with Crippen molar-refractivity contribution in [3.63, 3.8) is 0 Å². The Labute approximate surface area is 193 Å². The minimum absolute atomic E-state index is 0.107. The van der Waals surface area contributed by atoms with Crippen molar-refractivity contribution in [1.29, 1.82) is 0 Å². The largest absolute Gasteiger partial charge is 0.396 e. The minimum Gasteiger partial charge on any atom is -0.396 e. The summed E-state index contributed by atoms with van der Waals surface area (Å²) in [5.74, 6) is -1.03. The molecule has 7 heteroatoms. The van der Waals surface area contributed by atoms with Crippen LogP contribution in [0.3, 0.4) is 0 Å². The summed E-state index contributed by atoms with van der Waals surface area (Å²) in [6.45, 7) is 4.23. The lowest BCUT2D eigenvalue weighted by Crippen LogP contribution is -2.50. The molecule has 0 spiro atoms. The summed E-state index contributed by atoms with van der Waals surface area (Å²) in [7, 11) is 0. The van der Waals surface area contributed by atoms with Gasteiger partial charge in [-0.05, 0) is 31.0 Å². The number of allylic oxidation sites excluding steroid dienone is 1. The highest BCUT2D eigenvalue weighted by Gasteiger charge is 2.56. The van der Waals surface area contributed by atoms with Crippen molar-refractivity contribution in [3.05, 3.63) is 75.7 Å². The molecule has 4 rings (SSSR count). The van der Waals surface area contributed by atoms with E-state index >= 15 is 0 Å². The fourth-order valence-corrected chi connectivity index (χ4v) is 5.35. The first-order valence-corrected chi connectivity index (χ1v) is 11.6. The van der Waals surface area contributed by atoms with Crippen molar-refractivity contribution in [1.82, 2.24) is 14.8 Å². The molecule has 2 N–H and O–H groups in total. The molecule has 3 heterocycles. The van der Waals surface area contributed by atoms with E-state index in [-0.39, 0.29) is 36.3 Å². The van der Waals surface area contributed by atoms with Crippen molar-refractivity contribution in [2.45, 2.75) is 45.3 Å². The maximum Gasteiger partial charge on any atom is 0.258 e. The van der Waals surface area contributed by atoms with E-state index in [9.17, 15) is 19.5 Å². The third kappa shape index (κ3) is 4.13. The second kappa shape index (κ2) is 9.75. The number of benzene rings is 1. The lowest BCUT2D eigenvalue weighted by Gasteiger charge is -2.30. The number of carbonyl (C=O) groups is 2. The molecule has 0 unspecified atom stereocenters. The molecule has 2 aromatic rings. The summed E-state index contributed by atoms with van der Waals surface area (Å²) in [5.41, 5.74) is 2.33. The molecule has 0 aliphatic carbocycles. The number of aliphatic hydroxyl groups excluding tert-OH is 1. The standard InChI is InChI=1S/C26H31N3O4/c1-3-8-18-11-12-21-23-19(15-28(21)26(18)33)20(16-30)24(29(23)22(31)4-2)25(32)27-14-13-17-9-6-5-7-10-17/h3,5-12,19-20,23-24,30H,4,13-16H2,1-2H3,(H,27,32)/b8-3+/t19-,20-,23+,24-/m1/s1. The molecule has 1 saturated heterocycles. The van der Waals surface area contributed by atoms with Crippen LogP contribution in [0.5, 0.6) is 0 Å². The maximum atomic E-state index is 13.3. The normalized spacial score (nSPS) is 23.5. The van der Waals surface area contributed by atoms with Crippen LogP contribution in [-0.4, -0.2) is 45.6 Å². The lowest BCUT2D eigenvalue weighted by molar-refractivity contribution is -0.141. The van der Waals surface area contributed by atoms with Gasteiger partial charge in [-0.3, -0.25) is 14.4 Å². The summed E-state index contributed by atoms with van der Waals surface area (Å²) in [6.07, 6.45) is 4.52. The zero-order valence-corrected chi connectivity index (χ0v) is 19.1. The molecule has 174 valence electrons. The molecule has 1 aromatic heterocycles. The third-order valence-electron chi connectivity index (χ3n) is 6.87. The van der Waals surface area contributed by atoms with Crippen LogP contribution in [0, 0.1) is 11.8 Å². The highest BCUT2D eigenvalue weighted by molar-refractivity contribution is 5.89. The Morgan fingerprint density at radius 2 is 1.94 bits per heavy atom. The van der Waals surface area contributed by atoms with E-state index in [1.54, 1.807) is 28.5 Å². The van der Waals surface area contributed by atoms with Crippen LogP contribution in [0.2, 0.25) is 0 Å². The molecule has 1 fully saturated rings. The van der Waals surface area contributed by atoms with Gasteiger partial charge in [-0.2, -0.15) is 0 Å². The molecule has 33 heavy (non-hydrogen) atoms. The average molecular weight is 450 g/mol. The molecule has 1 aromatic carbocycles. The number of pyridine rings is 1. The van der Waals surface area contributed by atoms with Crippen molar-refractivity contribution in [2.24, 2.45) is 11.8 Å². The first kappa shape index (κ1) is 23.0. The Kier molecular flexibility index (Phi) is 6.79. The molecular weight excluding hydrogens is 418 g/mol. The highest BCUT2D eigenvalue weighted by Crippen LogP contribution is 2.49. The summed E-state index contributed by atoms with van der Waals surface area (Å²) < 4.78 is 1.70. The van der Waals surface area contributed by atoms with E-state index in [1.807, 2.05) is 49.4 Å². The van der Waals surface area contributed by atoms with Gasteiger partial charge in [0.15, 0.2) is 0 Å². The van der Waals surface area contributed by atoms with Gasteiger partial charge in [-0.25, -0.2) is 0 Å². The van der Waals surface area contributed by atoms with Crippen LogP contribution in [0.25, 0.3) is 6.08 Å². The Balaban J connectivity index is 1.62. The number of aliphatic hydroxyl groups is 1. The summed E-state index contributed by atoms with van der Waals surface area (Å²) in [4.78, 5) is 41.0. The van der Waals surface area contributed by atoms with Crippen LogP contribution < -0.4 is 10.9 Å². The van der Waals surface area contributed by atoms with Crippen molar-refractivity contribution < 1.29 is 14.7 Å². The van der Waals surface area contributed by atoms with E-state index in [0.717, 1.165) is 11.3 Å². The Morgan fingerprint density at radius 3 is 2.61 bits per heavy atom. The van der Waals surface area contributed by atoms with Gasteiger partial charge in [-0.15, -0.1) is 0 Å². The number of nitrogens with zero attached hydrogens (tertiary/aromatic N) is 2. The van der Waals surface area contributed by atoms with Crippen molar-refractivity contribution in [2.75, 3.05) is 13.2 Å². The van der Waals surface area contributed by atoms with Gasteiger partial charge in [0, 0.05) is 49.2 Å². The molecular formula is C26H31N3O4. The number of amides is 2.